The number of hydrogen-bond donors (Lipinski definition) is 1. The lowest BCUT2D eigenvalue weighted by Gasteiger charge is -2.28. The van der Waals surface area contributed by atoms with Gasteiger partial charge in [-0.1, -0.05) is 0 Å². The molecule has 18 heavy (non-hydrogen) atoms. The van der Waals surface area contributed by atoms with E-state index in [-0.39, 0.29) is 6.10 Å². The summed E-state index contributed by atoms with van der Waals surface area (Å²) in [7, 11) is 2.10. The average molecular weight is 248 g/mol. The van der Waals surface area contributed by atoms with Crippen LogP contribution in [-0.4, -0.2) is 47.7 Å². The maximum Gasteiger partial charge on any atom is 0.158 e. The topological polar surface area (TPSA) is 50.3 Å². The fraction of sp³-hybridized carbons (Fsp3) is 0.692. The minimum atomic E-state index is 0.0224. The van der Waals surface area contributed by atoms with Crippen LogP contribution in [0.2, 0.25) is 0 Å². The molecular formula is C13H20N4O. The van der Waals surface area contributed by atoms with Gasteiger partial charge in [-0.2, -0.15) is 0 Å². The van der Waals surface area contributed by atoms with Gasteiger partial charge in [0.25, 0.3) is 0 Å². The molecule has 98 valence electrons. The molecule has 0 amide bonds. The Hall–Kier alpha value is -1.04. The molecular weight excluding hydrogens is 228 g/mol. The van der Waals surface area contributed by atoms with Crippen LogP contribution in [0.15, 0.2) is 12.4 Å². The molecule has 1 atom stereocenters. The van der Waals surface area contributed by atoms with E-state index in [0.29, 0.717) is 0 Å². The molecule has 0 radical (unpaired) electrons. The monoisotopic (exact) mass is 248 g/mol. The number of ether oxygens (including phenoxy) is 1. The van der Waals surface area contributed by atoms with Gasteiger partial charge in [0.05, 0.1) is 6.61 Å². The van der Waals surface area contributed by atoms with Crippen LogP contribution in [0.5, 0.6) is 0 Å². The van der Waals surface area contributed by atoms with Gasteiger partial charge in [0, 0.05) is 43.6 Å². The average Bonchev–Trinajstić information content (AvgIpc) is 3.21. The van der Waals surface area contributed by atoms with Crippen LogP contribution in [0.1, 0.15) is 30.3 Å². The Labute approximate surface area is 108 Å². The molecule has 3 rings (SSSR count). The Kier molecular flexibility index (Phi) is 3.54. The molecule has 1 unspecified atom stereocenters. The second-order valence-electron chi connectivity index (χ2n) is 5.23. The highest BCUT2D eigenvalue weighted by atomic mass is 16.5. The first-order valence-electron chi connectivity index (χ1n) is 6.65. The fourth-order valence-corrected chi connectivity index (χ4v) is 2.11. The Morgan fingerprint density at radius 1 is 1.39 bits per heavy atom. The van der Waals surface area contributed by atoms with Crippen molar-refractivity contribution >= 4 is 0 Å². The van der Waals surface area contributed by atoms with Gasteiger partial charge in [-0.3, -0.25) is 0 Å². The van der Waals surface area contributed by atoms with E-state index >= 15 is 0 Å². The van der Waals surface area contributed by atoms with E-state index in [2.05, 4.69) is 27.2 Å². The Morgan fingerprint density at radius 3 is 2.83 bits per heavy atom. The van der Waals surface area contributed by atoms with E-state index in [1.807, 2.05) is 12.4 Å². The third-order valence-corrected chi connectivity index (χ3v) is 3.46. The normalized spacial score (nSPS) is 25.3. The van der Waals surface area contributed by atoms with Crippen molar-refractivity contribution in [2.24, 2.45) is 0 Å². The molecule has 1 aliphatic heterocycles. The number of nitrogens with zero attached hydrogens (tertiary/aromatic N) is 3. The lowest BCUT2D eigenvalue weighted by Crippen LogP contribution is -2.36. The maximum atomic E-state index is 5.70. The van der Waals surface area contributed by atoms with Gasteiger partial charge in [-0.15, -0.1) is 0 Å². The standard InChI is InChI=1S/C13H20N4O/c1-17-4-5-18-12(9-17)13-15-7-10(8-16-13)6-14-11-2-3-11/h7-8,11-12,14H,2-6,9H2,1H3. The molecule has 1 N–H and O–H groups in total. The summed E-state index contributed by atoms with van der Waals surface area (Å²) < 4.78 is 5.70. The number of rotatable bonds is 4. The molecule has 5 heteroatoms. The lowest BCUT2D eigenvalue weighted by molar-refractivity contribution is -0.0255. The predicted molar refractivity (Wildman–Crippen MR) is 68.1 cm³/mol. The SMILES string of the molecule is CN1CCOC(c2ncc(CNC3CC3)cn2)C1. The van der Waals surface area contributed by atoms with Gasteiger partial charge < -0.3 is 15.0 Å². The van der Waals surface area contributed by atoms with Crippen LogP contribution in [0.3, 0.4) is 0 Å². The Morgan fingerprint density at radius 2 is 2.17 bits per heavy atom. The highest BCUT2D eigenvalue weighted by molar-refractivity contribution is 5.07. The van der Waals surface area contributed by atoms with Gasteiger partial charge in [-0.05, 0) is 19.9 Å². The highest BCUT2D eigenvalue weighted by Gasteiger charge is 2.22. The van der Waals surface area contributed by atoms with Crippen molar-refractivity contribution in [3.05, 3.63) is 23.8 Å². The summed E-state index contributed by atoms with van der Waals surface area (Å²) in [5, 5.41) is 3.46. The summed E-state index contributed by atoms with van der Waals surface area (Å²) in [6.07, 6.45) is 6.46. The summed E-state index contributed by atoms with van der Waals surface area (Å²) in [6, 6.07) is 0.722. The highest BCUT2D eigenvalue weighted by Crippen LogP contribution is 2.20. The van der Waals surface area contributed by atoms with E-state index in [4.69, 9.17) is 4.74 Å². The zero-order valence-corrected chi connectivity index (χ0v) is 10.8. The molecule has 0 bridgehead atoms. The Balaban J connectivity index is 1.58. The van der Waals surface area contributed by atoms with Gasteiger partial charge in [0.2, 0.25) is 0 Å². The number of likely N-dealkylation sites (N-methyl/N-ethyl adjacent to an activating group) is 1. The summed E-state index contributed by atoms with van der Waals surface area (Å²) in [5.74, 6) is 0.803. The molecule has 1 aliphatic carbocycles. The van der Waals surface area contributed by atoms with Crippen molar-refractivity contribution in [2.75, 3.05) is 26.7 Å². The molecule has 1 aromatic rings. The molecule has 0 spiro atoms. The number of hydrogen-bond acceptors (Lipinski definition) is 5. The van der Waals surface area contributed by atoms with E-state index in [9.17, 15) is 0 Å². The first-order chi connectivity index (χ1) is 8.81. The van der Waals surface area contributed by atoms with E-state index in [1.165, 1.54) is 12.8 Å². The summed E-state index contributed by atoms with van der Waals surface area (Å²) in [4.78, 5) is 11.1. The zero-order chi connectivity index (χ0) is 12.4. The second kappa shape index (κ2) is 5.30. The summed E-state index contributed by atoms with van der Waals surface area (Å²) in [6.45, 7) is 3.49. The van der Waals surface area contributed by atoms with Crippen molar-refractivity contribution in [3.8, 4) is 0 Å². The molecule has 2 aliphatic rings. The minimum absolute atomic E-state index is 0.0224. The number of morpholine rings is 1. The molecule has 1 saturated carbocycles. The third kappa shape index (κ3) is 3.04. The summed E-state index contributed by atoms with van der Waals surface area (Å²) >= 11 is 0. The lowest BCUT2D eigenvalue weighted by atomic mass is 10.2. The molecule has 2 fully saturated rings. The fourth-order valence-electron chi connectivity index (χ4n) is 2.11. The zero-order valence-electron chi connectivity index (χ0n) is 10.8. The van der Waals surface area contributed by atoms with Crippen LogP contribution in [0, 0.1) is 0 Å². The van der Waals surface area contributed by atoms with Gasteiger partial charge in [-0.25, -0.2) is 9.97 Å². The number of nitrogens with one attached hydrogen (secondary N) is 1. The predicted octanol–water partition coefficient (Wildman–Crippen LogP) is 0.732. The quantitative estimate of drug-likeness (QED) is 0.851. The van der Waals surface area contributed by atoms with Gasteiger partial charge in [0.1, 0.15) is 6.10 Å². The first kappa shape index (κ1) is 12.0. The third-order valence-electron chi connectivity index (χ3n) is 3.46. The Bertz CT molecular complexity index is 390. The van der Waals surface area contributed by atoms with Crippen LogP contribution in [0.25, 0.3) is 0 Å². The first-order valence-corrected chi connectivity index (χ1v) is 6.65. The van der Waals surface area contributed by atoms with Crippen molar-refractivity contribution in [3.63, 3.8) is 0 Å². The number of aromatic nitrogens is 2. The van der Waals surface area contributed by atoms with E-state index in [0.717, 1.165) is 43.7 Å². The summed E-state index contributed by atoms with van der Waals surface area (Å²) in [5.41, 5.74) is 1.15. The van der Waals surface area contributed by atoms with Crippen molar-refractivity contribution < 1.29 is 4.74 Å². The smallest absolute Gasteiger partial charge is 0.158 e. The molecule has 0 aromatic carbocycles. The molecule has 1 saturated heterocycles. The second-order valence-corrected chi connectivity index (χ2v) is 5.23. The van der Waals surface area contributed by atoms with Gasteiger partial charge >= 0.3 is 0 Å². The van der Waals surface area contributed by atoms with Crippen LogP contribution >= 0.6 is 0 Å². The van der Waals surface area contributed by atoms with Crippen LogP contribution in [-0.2, 0) is 11.3 Å². The van der Waals surface area contributed by atoms with Crippen molar-refractivity contribution in [2.45, 2.75) is 31.5 Å². The molecule has 5 nitrogen and oxygen atoms in total. The van der Waals surface area contributed by atoms with Crippen LogP contribution in [0.4, 0.5) is 0 Å². The molecule has 1 aromatic heterocycles. The van der Waals surface area contributed by atoms with E-state index in [1.54, 1.807) is 0 Å². The largest absolute Gasteiger partial charge is 0.368 e. The van der Waals surface area contributed by atoms with Crippen molar-refractivity contribution in [1.29, 1.82) is 0 Å². The van der Waals surface area contributed by atoms with Gasteiger partial charge in [0.15, 0.2) is 5.82 Å². The van der Waals surface area contributed by atoms with E-state index < -0.39 is 0 Å². The van der Waals surface area contributed by atoms with Crippen LogP contribution < -0.4 is 5.32 Å². The minimum Gasteiger partial charge on any atom is -0.368 e. The van der Waals surface area contributed by atoms with Crippen molar-refractivity contribution in [1.82, 2.24) is 20.2 Å². The molecule has 2 heterocycles. The maximum absolute atomic E-state index is 5.70.